The van der Waals surface area contributed by atoms with Gasteiger partial charge in [0, 0.05) is 13.1 Å². The van der Waals surface area contributed by atoms with E-state index >= 15 is 0 Å². The first-order valence-electron chi connectivity index (χ1n) is 7.02. The van der Waals surface area contributed by atoms with E-state index < -0.39 is 18.0 Å². The molecular weight excluding hydrogens is 246 g/mol. The Labute approximate surface area is 114 Å². The van der Waals surface area contributed by atoms with E-state index in [0.29, 0.717) is 18.9 Å². The maximum Gasteiger partial charge on any atom is 0.326 e. The Bertz CT molecular complexity index is 304. The summed E-state index contributed by atoms with van der Waals surface area (Å²) in [5.41, 5.74) is 0. The molecule has 1 heterocycles. The molecule has 1 fully saturated rings. The molecule has 0 aromatic carbocycles. The molecule has 0 aromatic rings. The number of carboxylic acid groups (broad SMARTS) is 1. The van der Waals surface area contributed by atoms with Crippen LogP contribution in [0.5, 0.6) is 0 Å². The fraction of sp³-hybridized carbons (Fsp3) is 0.846. The lowest BCUT2D eigenvalue weighted by atomic mass is 10.1. The van der Waals surface area contributed by atoms with Crippen LogP contribution in [-0.4, -0.2) is 54.2 Å². The zero-order valence-corrected chi connectivity index (χ0v) is 11.8. The van der Waals surface area contributed by atoms with Crippen LogP contribution in [0.2, 0.25) is 0 Å². The predicted octanol–water partition coefficient (Wildman–Crippen LogP) is 0.881. The summed E-state index contributed by atoms with van der Waals surface area (Å²) in [6.45, 7) is 7.66. The molecule has 19 heavy (non-hydrogen) atoms. The topological polar surface area (TPSA) is 81.7 Å². The van der Waals surface area contributed by atoms with Crippen molar-refractivity contribution in [1.29, 1.82) is 0 Å². The van der Waals surface area contributed by atoms with Crippen molar-refractivity contribution in [3.05, 3.63) is 0 Å². The summed E-state index contributed by atoms with van der Waals surface area (Å²) in [5.74, 6) is -0.628. The number of rotatable bonds is 7. The molecule has 0 spiro atoms. The van der Waals surface area contributed by atoms with Gasteiger partial charge in [0.15, 0.2) is 0 Å². The summed E-state index contributed by atoms with van der Waals surface area (Å²) in [7, 11) is 0. The van der Waals surface area contributed by atoms with Gasteiger partial charge in [0.1, 0.15) is 6.04 Å². The van der Waals surface area contributed by atoms with E-state index in [1.54, 1.807) is 6.92 Å². The lowest BCUT2D eigenvalue weighted by Crippen LogP contribution is -2.47. The van der Waals surface area contributed by atoms with Crippen LogP contribution in [0.4, 0.5) is 4.79 Å². The number of nitrogens with zero attached hydrogens (tertiary/aromatic N) is 1. The SMILES string of the molecule is CC[C@@H](NC(=O)NCC(C)CN1CCCC1)C(=O)O. The van der Waals surface area contributed by atoms with Crippen LogP contribution < -0.4 is 10.6 Å². The summed E-state index contributed by atoms with van der Waals surface area (Å²) in [5, 5.41) is 14.0. The van der Waals surface area contributed by atoms with E-state index in [4.69, 9.17) is 5.11 Å². The van der Waals surface area contributed by atoms with Crippen LogP contribution in [0.15, 0.2) is 0 Å². The maximum absolute atomic E-state index is 11.6. The minimum atomic E-state index is -0.997. The van der Waals surface area contributed by atoms with Gasteiger partial charge in [-0.05, 0) is 38.3 Å². The third-order valence-corrected chi connectivity index (χ3v) is 3.39. The van der Waals surface area contributed by atoms with Crippen molar-refractivity contribution >= 4 is 12.0 Å². The van der Waals surface area contributed by atoms with Crippen molar-refractivity contribution in [3.8, 4) is 0 Å². The van der Waals surface area contributed by atoms with Crippen molar-refractivity contribution < 1.29 is 14.7 Å². The largest absolute Gasteiger partial charge is 0.480 e. The van der Waals surface area contributed by atoms with Gasteiger partial charge in [0.2, 0.25) is 0 Å². The van der Waals surface area contributed by atoms with E-state index in [-0.39, 0.29) is 0 Å². The number of amides is 2. The van der Waals surface area contributed by atoms with Crippen molar-refractivity contribution in [2.24, 2.45) is 5.92 Å². The Morgan fingerprint density at radius 1 is 1.32 bits per heavy atom. The first-order valence-corrected chi connectivity index (χ1v) is 7.02. The Kier molecular flexibility index (Phi) is 6.62. The molecule has 0 radical (unpaired) electrons. The number of carbonyl (C=O) groups is 2. The number of nitrogens with one attached hydrogen (secondary N) is 2. The fourth-order valence-electron chi connectivity index (χ4n) is 2.29. The van der Waals surface area contributed by atoms with E-state index in [1.165, 1.54) is 12.8 Å². The molecule has 0 saturated carbocycles. The van der Waals surface area contributed by atoms with Gasteiger partial charge < -0.3 is 20.6 Å². The number of carboxylic acids is 1. The highest BCUT2D eigenvalue weighted by molar-refractivity contribution is 5.82. The zero-order valence-electron chi connectivity index (χ0n) is 11.8. The molecule has 1 rings (SSSR count). The molecule has 110 valence electrons. The molecule has 0 bridgehead atoms. The van der Waals surface area contributed by atoms with E-state index in [1.807, 2.05) is 0 Å². The molecule has 2 amide bonds. The second kappa shape index (κ2) is 7.99. The molecule has 1 unspecified atom stereocenters. The van der Waals surface area contributed by atoms with Gasteiger partial charge in [-0.3, -0.25) is 0 Å². The predicted molar refractivity (Wildman–Crippen MR) is 73.1 cm³/mol. The minimum absolute atomic E-state index is 0.369. The fourth-order valence-corrected chi connectivity index (χ4v) is 2.29. The lowest BCUT2D eigenvalue weighted by Gasteiger charge is -2.21. The Morgan fingerprint density at radius 3 is 2.47 bits per heavy atom. The van der Waals surface area contributed by atoms with Gasteiger partial charge in [-0.2, -0.15) is 0 Å². The molecule has 6 heteroatoms. The number of carbonyl (C=O) groups excluding carboxylic acids is 1. The first kappa shape index (κ1) is 15.8. The second-order valence-electron chi connectivity index (χ2n) is 5.27. The summed E-state index contributed by atoms with van der Waals surface area (Å²) >= 11 is 0. The van der Waals surface area contributed by atoms with Gasteiger partial charge in [-0.15, -0.1) is 0 Å². The summed E-state index contributed by atoms with van der Waals surface area (Å²) in [6, 6.07) is -1.21. The molecule has 1 saturated heterocycles. The van der Waals surface area contributed by atoms with Crippen molar-refractivity contribution in [1.82, 2.24) is 15.5 Å². The monoisotopic (exact) mass is 271 g/mol. The first-order chi connectivity index (χ1) is 9.02. The van der Waals surface area contributed by atoms with Gasteiger partial charge >= 0.3 is 12.0 Å². The normalized spacial score (nSPS) is 18.8. The van der Waals surface area contributed by atoms with Crippen LogP contribution in [0.1, 0.15) is 33.1 Å². The smallest absolute Gasteiger partial charge is 0.326 e. The molecule has 6 nitrogen and oxygen atoms in total. The van der Waals surface area contributed by atoms with Gasteiger partial charge in [-0.1, -0.05) is 13.8 Å². The number of hydrogen-bond acceptors (Lipinski definition) is 3. The van der Waals surface area contributed by atoms with Crippen LogP contribution in [0.25, 0.3) is 0 Å². The summed E-state index contributed by atoms with van der Waals surface area (Å²) in [6.07, 6.45) is 2.90. The summed E-state index contributed by atoms with van der Waals surface area (Å²) < 4.78 is 0. The van der Waals surface area contributed by atoms with Gasteiger partial charge in [0.05, 0.1) is 0 Å². The number of urea groups is 1. The molecule has 1 aliphatic heterocycles. The van der Waals surface area contributed by atoms with Crippen molar-refractivity contribution in [2.45, 2.75) is 39.2 Å². The highest BCUT2D eigenvalue weighted by Crippen LogP contribution is 2.09. The van der Waals surface area contributed by atoms with E-state index in [0.717, 1.165) is 19.6 Å². The number of hydrogen-bond donors (Lipinski definition) is 3. The third kappa shape index (κ3) is 5.92. The van der Waals surface area contributed by atoms with Crippen LogP contribution in [-0.2, 0) is 4.79 Å². The zero-order chi connectivity index (χ0) is 14.3. The van der Waals surface area contributed by atoms with Crippen LogP contribution in [0, 0.1) is 5.92 Å². The Morgan fingerprint density at radius 2 is 1.95 bits per heavy atom. The third-order valence-electron chi connectivity index (χ3n) is 3.39. The highest BCUT2D eigenvalue weighted by atomic mass is 16.4. The molecule has 0 aliphatic carbocycles. The van der Waals surface area contributed by atoms with E-state index in [2.05, 4.69) is 22.5 Å². The Balaban J connectivity index is 2.19. The number of likely N-dealkylation sites (tertiary alicyclic amines) is 1. The molecular formula is C13H25N3O3. The quantitative estimate of drug-likeness (QED) is 0.642. The Hall–Kier alpha value is -1.30. The maximum atomic E-state index is 11.6. The molecule has 2 atom stereocenters. The highest BCUT2D eigenvalue weighted by Gasteiger charge is 2.18. The van der Waals surface area contributed by atoms with Crippen LogP contribution >= 0.6 is 0 Å². The standard InChI is InChI=1S/C13H25N3O3/c1-3-11(12(17)18)15-13(19)14-8-10(2)9-16-6-4-5-7-16/h10-11H,3-9H2,1-2H3,(H,17,18)(H2,14,15,19)/t10?,11-/m1/s1. The lowest BCUT2D eigenvalue weighted by molar-refractivity contribution is -0.139. The van der Waals surface area contributed by atoms with Crippen LogP contribution in [0.3, 0.4) is 0 Å². The second-order valence-corrected chi connectivity index (χ2v) is 5.27. The van der Waals surface area contributed by atoms with Crippen molar-refractivity contribution in [3.63, 3.8) is 0 Å². The van der Waals surface area contributed by atoms with E-state index in [9.17, 15) is 9.59 Å². The summed E-state index contributed by atoms with van der Waals surface area (Å²) in [4.78, 5) is 24.7. The number of aliphatic carboxylic acids is 1. The van der Waals surface area contributed by atoms with Crippen molar-refractivity contribution in [2.75, 3.05) is 26.2 Å². The van der Waals surface area contributed by atoms with Gasteiger partial charge in [-0.25, -0.2) is 9.59 Å². The molecule has 1 aliphatic rings. The molecule has 3 N–H and O–H groups in total. The molecule has 0 aromatic heterocycles. The van der Waals surface area contributed by atoms with Gasteiger partial charge in [0.25, 0.3) is 0 Å². The average Bonchev–Trinajstić information content (AvgIpc) is 2.85. The average molecular weight is 271 g/mol. The minimum Gasteiger partial charge on any atom is -0.480 e.